The fraction of sp³-hybridized carbons (Fsp3) is 0.154. The molecule has 21 heavy (non-hydrogen) atoms. The maximum Gasteiger partial charge on any atom is 0.206 e. The van der Waals surface area contributed by atoms with Gasteiger partial charge in [0.15, 0.2) is 10.8 Å². The lowest BCUT2D eigenvalue weighted by atomic mass is 10.2. The van der Waals surface area contributed by atoms with Gasteiger partial charge in [0.25, 0.3) is 0 Å². The highest BCUT2D eigenvalue weighted by molar-refractivity contribution is 9.10. The number of anilines is 1. The van der Waals surface area contributed by atoms with Gasteiger partial charge in [0, 0.05) is 16.1 Å². The van der Waals surface area contributed by atoms with Gasteiger partial charge in [-0.25, -0.2) is 4.39 Å². The molecule has 0 spiro atoms. The average molecular weight is 369 g/mol. The molecule has 0 radical (unpaired) electrons. The number of benzene rings is 1. The van der Waals surface area contributed by atoms with Gasteiger partial charge in [-0.3, -0.25) is 0 Å². The van der Waals surface area contributed by atoms with Crippen LogP contribution in [0.25, 0.3) is 10.6 Å². The van der Waals surface area contributed by atoms with Crippen molar-refractivity contribution in [3.8, 4) is 10.6 Å². The van der Waals surface area contributed by atoms with E-state index in [-0.39, 0.29) is 5.82 Å². The second-order valence-corrected chi connectivity index (χ2v) is 6.22. The van der Waals surface area contributed by atoms with Gasteiger partial charge in [0.05, 0.1) is 12.2 Å². The summed E-state index contributed by atoms with van der Waals surface area (Å²) < 4.78 is 19.7. The summed E-state index contributed by atoms with van der Waals surface area (Å²) in [6.45, 7) is 2.31. The number of nitrogens with one attached hydrogen (secondary N) is 1. The summed E-state index contributed by atoms with van der Waals surface area (Å²) in [5, 5.41) is 16.0. The number of halogens is 2. The zero-order valence-corrected chi connectivity index (χ0v) is 13.3. The summed E-state index contributed by atoms with van der Waals surface area (Å²) >= 11 is 4.60. The molecule has 0 unspecified atom stereocenters. The molecular weight excluding hydrogens is 359 g/mol. The first-order valence-corrected chi connectivity index (χ1v) is 7.68. The molecule has 3 aromatic rings. The normalized spacial score (nSPS) is 10.8. The summed E-state index contributed by atoms with van der Waals surface area (Å²) in [7, 11) is 0. The van der Waals surface area contributed by atoms with Crippen LogP contribution in [0.1, 0.15) is 11.5 Å². The number of hydrogen-bond acceptors (Lipinski definition) is 6. The van der Waals surface area contributed by atoms with Gasteiger partial charge in [0.1, 0.15) is 5.82 Å². The van der Waals surface area contributed by atoms with Crippen molar-refractivity contribution in [3.05, 3.63) is 46.0 Å². The van der Waals surface area contributed by atoms with Gasteiger partial charge >= 0.3 is 0 Å². The first-order chi connectivity index (χ1) is 10.1. The molecule has 5 nitrogen and oxygen atoms in total. The van der Waals surface area contributed by atoms with Crippen molar-refractivity contribution >= 4 is 32.4 Å². The lowest BCUT2D eigenvalue weighted by Crippen LogP contribution is -1.97. The highest BCUT2D eigenvalue weighted by Crippen LogP contribution is 2.30. The average Bonchev–Trinajstić information content (AvgIpc) is 3.08. The Hall–Kier alpha value is -1.80. The van der Waals surface area contributed by atoms with Crippen molar-refractivity contribution in [3.63, 3.8) is 0 Å². The van der Waals surface area contributed by atoms with E-state index < -0.39 is 0 Å². The minimum absolute atomic E-state index is 0.327. The number of rotatable bonds is 4. The molecule has 8 heteroatoms. The summed E-state index contributed by atoms with van der Waals surface area (Å²) in [4.78, 5) is 0. The van der Waals surface area contributed by atoms with Crippen LogP contribution in [0.2, 0.25) is 0 Å². The molecule has 0 aliphatic carbocycles. The highest BCUT2D eigenvalue weighted by atomic mass is 79.9. The molecule has 0 aliphatic rings. The van der Waals surface area contributed by atoms with Gasteiger partial charge in [-0.15, -0.1) is 10.2 Å². The van der Waals surface area contributed by atoms with E-state index in [1.807, 2.05) is 13.0 Å². The molecule has 1 aromatic carbocycles. The topological polar surface area (TPSA) is 63.8 Å². The molecule has 3 rings (SSSR count). The van der Waals surface area contributed by atoms with Crippen LogP contribution in [0.4, 0.5) is 9.52 Å². The fourth-order valence-electron chi connectivity index (χ4n) is 1.73. The van der Waals surface area contributed by atoms with Crippen molar-refractivity contribution in [2.45, 2.75) is 13.5 Å². The summed E-state index contributed by atoms with van der Waals surface area (Å²) in [5.41, 5.74) is 1.24. The van der Waals surface area contributed by atoms with Crippen molar-refractivity contribution in [1.82, 2.24) is 15.4 Å². The Morgan fingerprint density at radius 3 is 2.95 bits per heavy atom. The third-order valence-corrected chi connectivity index (χ3v) is 4.08. The summed E-state index contributed by atoms with van der Waals surface area (Å²) in [6.07, 6.45) is 0. The predicted molar refractivity (Wildman–Crippen MR) is 81.6 cm³/mol. The van der Waals surface area contributed by atoms with Crippen molar-refractivity contribution in [1.29, 1.82) is 0 Å². The second-order valence-electron chi connectivity index (χ2n) is 4.32. The Labute approximate surface area is 132 Å². The Balaban J connectivity index is 1.75. The minimum atomic E-state index is -0.327. The lowest BCUT2D eigenvalue weighted by molar-refractivity contribution is 0.384. The van der Waals surface area contributed by atoms with Gasteiger partial charge in [-0.05, 0) is 25.1 Å². The molecule has 0 aliphatic heterocycles. The number of hydrogen-bond donors (Lipinski definition) is 1. The molecular formula is C13H10BrFN4OS. The van der Waals surface area contributed by atoms with Crippen LogP contribution in [0.15, 0.2) is 33.3 Å². The Morgan fingerprint density at radius 2 is 2.19 bits per heavy atom. The maximum absolute atomic E-state index is 13.8. The standard InChI is InChI=1S/C13H10BrFN4OS/c1-7-4-9(20-19-7)6-16-13-18-17-12(21-13)10-5-8(14)2-3-11(10)15/h2-5H,6H2,1H3,(H,16,18). The third-order valence-electron chi connectivity index (χ3n) is 2.67. The maximum atomic E-state index is 13.8. The molecule has 0 bridgehead atoms. The van der Waals surface area contributed by atoms with Crippen LogP contribution in [-0.4, -0.2) is 15.4 Å². The summed E-state index contributed by atoms with van der Waals surface area (Å²) in [5.74, 6) is 0.379. The molecule has 1 N–H and O–H groups in total. The van der Waals surface area contributed by atoms with Crippen LogP contribution in [0.5, 0.6) is 0 Å². The second kappa shape index (κ2) is 5.90. The van der Waals surface area contributed by atoms with Gasteiger partial charge in [0.2, 0.25) is 5.13 Å². The van der Waals surface area contributed by atoms with Crippen LogP contribution >= 0.6 is 27.3 Å². The lowest BCUT2D eigenvalue weighted by Gasteiger charge is -1.99. The van der Waals surface area contributed by atoms with Gasteiger partial charge in [-0.2, -0.15) is 0 Å². The Morgan fingerprint density at radius 1 is 1.33 bits per heavy atom. The Bertz CT molecular complexity index is 773. The third kappa shape index (κ3) is 3.27. The molecule has 0 fully saturated rings. The number of nitrogens with zero attached hydrogens (tertiary/aromatic N) is 3. The predicted octanol–water partition coefficient (Wildman–Crippen LogP) is 4.02. The fourth-order valence-corrected chi connectivity index (χ4v) is 2.85. The molecule has 2 aromatic heterocycles. The minimum Gasteiger partial charge on any atom is -0.359 e. The molecule has 0 amide bonds. The highest BCUT2D eigenvalue weighted by Gasteiger charge is 2.12. The monoisotopic (exact) mass is 368 g/mol. The molecule has 0 saturated carbocycles. The molecule has 108 valence electrons. The van der Waals surface area contributed by atoms with E-state index >= 15 is 0 Å². The Kier molecular flexibility index (Phi) is 3.98. The largest absolute Gasteiger partial charge is 0.359 e. The van der Waals surface area contributed by atoms with Gasteiger partial charge < -0.3 is 9.84 Å². The van der Waals surface area contributed by atoms with E-state index in [0.29, 0.717) is 28.0 Å². The van der Waals surface area contributed by atoms with Crippen molar-refractivity contribution < 1.29 is 8.91 Å². The molecule has 0 atom stereocenters. The smallest absolute Gasteiger partial charge is 0.206 e. The summed E-state index contributed by atoms with van der Waals surface area (Å²) in [6, 6.07) is 6.55. The van der Waals surface area contributed by atoms with E-state index in [2.05, 4.69) is 36.6 Å². The van der Waals surface area contributed by atoms with E-state index in [4.69, 9.17) is 4.52 Å². The first-order valence-electron chi connectivity index (χ1n) is 6.07. The van der Waals surface area contributed by atoms with Crippen LogP contribution in [0.3, 0.4) is 0 Å². The first kappa shape index (κ1) is 14.2. The SMILES string of the molecule is Cc1cc(CNc2nnc(-c3cc(Br)ccc3F)s2)on1. The zero-order chi connectivity index (χ0) is 14.8. The van der Waals surface area contributed by atoms with E-state index in [1.54, 1.807) is 12.1 Å². The quantitative estimate of drug-likeness (QED) is 0.753. The number of aromatic nitrogens is 3. The van der Waals surface area contributed by atoms with E-state index in [0.717, 1.165) is 10.2 Å². The zero-order valence-electron chi connectivity index (χ0n) is 10.9. The molecule has 2 heterocycles. The molecule has 0 saturated heterocycles. The van der Waals surface area contributed by atoms with Crippen molar-refractivity contribution in [2.24, 2.45) is 0 Å². The van der Waals surface area contributed by atoms with E-state index in [9.17, 15) is 4.39 Å². The van der Waals surface area contributed by atoms with Gasteiger partial charge in [-0.1, -0.05) is 32.4 Å². The van der Waals surface area contributed by atoms with Crippen LogP contribution in [0, 0.1) is 12.7 Å². The van der Waals surface area contributed by atoms with Crippen LogP contribution in [-0.2, 0) is 6.54 Å². The van der Waals surface area contributed by atoms with Crippen molar-refractivity contribution in [2.75, 3.05) is 5.32 Å². The van der Waals surface area contributed by atoms with Crippen LogP contribution < -0.4 is 5.32 Å². The number of aryl methyl sites for hydroxylation is 1. The van der Waals surface area contributed by atoms with E-state index in [1.165, 1.54) is 17.4 Å².